The maximum absolute atomic E-state index is 12.6. The van der Waals surface area contributed by atoms with E-state index in [0.29, 0.717) is 6.04 Å². The number of likely N-dealkylation sites (tertiary alicyclic amines) is 1. The second kappa shape index (κ2) is 8.46. The Bertz CT molecular complexity index is 481. The topological polar surface area (TPSA) is 49.6 Å². The molecule has 1 heterocycles. The summed E-state index contributed by atoms with van der Waals surface area (Å²) in [5.41, 5.74) is 7.43. The third-order valence-electron chi connectivity index (χ3n) is 4.87. The Morgan fingerprint density at radius 1 is 1.26 bits per heavy atom. The van der Waals surface area contributed by atoms with Gasteiger partial charge in [-0.1, -0.05) is 44.2 Å². The zero-order valence-electron chi connectivity index (χ0n) is 14.7. The number of carbonyl (C=O) groups excluding carboxylic acids is 1. The molecule has 0 aliphatic carbocycles. The van der Waals surface area contributed by atoms with Crippen LogP contribution in [0.1, 0.15) is 39.2 Å². The van der Waals surface area contributed by atoms with E-state index in [9.17, 15) is 4.79 Å². The summed E-state index contributed by atoms with van der Waals surface area (Å²) in [5, 5.41) is 0. The summed E-state index contributed by atoms with van der Waals surface area (Å²) in [4.78, 5) is 17.1. The van der Waals surface area contributed by atoms with Gasteiger partial charge in [0.2, 0.25) is 5.91 Å². The van der Waals surface area contributed by atoms with Crippen molar-refractivity contribution >= 4 is 5.91 Å². The van der Waals surface area contributed by atoms with E-state index in [4.69, 9.17) is 5.73 Å². The molecule has 1 aromatic carbocycles. The highest BCUT2D eigenvalue weighted by Crippen LogP contribution is 2.20. The predicted octanol–water partition coefficient (Wildman–Crippen LogP) is 2.48. The first-order valence-electron chi connectivity index (χ1n) is 8.85. The molecule has 0 spiro atoms. The number of carbonyl (C=O) groups is 1. The van der Waals surface area contributed by atoms with E-state index in [1.54, 1.807) is 0 Å². The number of piperidine rings is 1. The number of amides is 1. The first kappa shape index (κ1) is 18.0. The van der Waals surface area contributed by atoms with Crippen molar-refractivity contribution in [3.63, 3.8) is 0 Å². The van der Waals surface area contributed by atoms with Gasteiger partial charge in [-0.25, -0.2) is 0 Å². The monoisotopic (exact) mass is 317 g/mol. The number of benzene rings is 1. The van der Waals surface area contributed by atoms with Gasteiger partial charge in [0.05, 0.1) is 6.04 Å². The lowest BCUT2D eigenvalue weighted by molar-refractivity contribution is -0.136. The predicted molar refractivity (Wildman–Crippen MR) is 94.9 cm³/mol. The zero-order chi connectivity index (χ0) is 16.8. The number of nitrogens with two attached hydrogens (primary N) is 1. The molecule has 0 saturated carbocycles. The van der Waals surface area contributed by atoms with Crippen LogP contribution in [0.4, 0.5) is 0 Å². The molecule has 128 valence electrons. The lowest BCUT2D eigenvalue weighted by Gasteiger charge is -2.39. The second-order valence-corrected chi connectivity index (χ2v) is 6.89. The summed E-state index contributed by atoms with van der Waals surface area (Å²) in [6, 6.07) is 10.5. The van der Waals surface area contributed by atoms with Crippen LogP contribution in [0.15, 0.2) is 30.3 Å². The molecule has 0 aromatic heterocycles. The molecule has 1 fully saturated rings. The van der Waals surface area contributed by atoms with E-state index in [1.165, 1.54) is 5.56 Å². The third-order valence-corrected chi connectivity index (χ3v) is 4.87. The molecule has 0 radical (unpaired) electrons. The standard InChI is InChI=1S/C19H31N3O/c1-4-22(19(23)18(20)15(2)3)17-10-12-21(13-11-17)14-16-8-6-5-7-9-16/h5-9,15,17-18H,4,10-14,20H2,1-3H3/t18-/m0/s1. The summed E-state index contributed by atoms with van der Waals surface area (Å²) in [7, 11) is 0. The molecular formula is C19H31N3O. The molecule has 1 atom stereocenters. The first-order valence-corrected chi connectivity index (χ1v) is 8.85. The maximum Gasteiger partial charge on any atom is 0.239 e. The van der Waals surface area contributed by atoms with Crippen molar-refractivity contribution in [1.29, 1.82) is 0 Å². The van der Waals surface area contributed by atoms with Crippen LogP contribution >= 0.6 is 0 Å². The van der Waals surface area contributed by atoms with Gasteiger partial charge in [0.1, 0.15) is 0 Å². The summed E-state index contributed by atoms with van der Waals surface area (Å²) in [5.74, 6) is 0.304. The van der Waals surface area contributed by atoms with E-state index < -0.39 is 0 Å². The Balaban J connectivity index is 1.88. The fraction of sp³-hybridized carbons (Fsp3) is 0.632. The highest BCUT2D eigenvalue weighted by Gasteiger charge is 2.30. The van der Waals surface area contributed by atoms with E-state index in [1.807, 2.05) is 18.7 Å². The van der Waals surface area contributed by atoms with Crippen LogP contribution in [0.2, 0.25) is 0 Å². The first-order chi connectivity index (χ1) is 11.0. The van der Waals surface area contributed by atoms with E-state index >= 15 is 0 Å². The maximum atomic E-state index is 12.6. The highest BCUT2D eigenvalue weighted by atomic mass is 16.2. The van der Waals surface area contributed by atoms with Gasteiger partial charge < -0.3 is 10.6 Å². The lowest BCUT2D eigenvalue weighted by atomic mass is 9.98. The Labute approximate surface area is 140 Å². The van der Waals surface area contributed by atoms with Crippen molar-refractivity contribution in [2.75, 3.05) is 19.6 Å². The van der Waals surface area contributed by atoms with Crippen LogP contribution in [0.25, 0.3) is 0 Å². The second-order valence-electron chi connectivity index (χ2n) is 6.89. The minimum Gasteiger partial charge on any atom is -0.339 e. The number of rotatable bonds is 6. The molecule has 0 bridgehead atoms. The minimum absolute atomic E-state index is 0.115. The van der Waals surface area contributed by atoms with Crippen LogP contribution < -0.4 is 5.73 Å². The Morgan fingerprint density at radius 3 is 2.39 bits per heavy atom. The molecule has 1 aliphatic heterocycles. The molecule has 1 aromatic rings. The largest absolute Gasteiger partial charge is 0.339 e. The quantitative estimate of drug-likeness (QED) is 0.877. The zero-order valence-corrected chi connectivity index (χ0v) is 14.7. The van der Waals surface area contributed by atoms with Gasteiger partial charge in [0.25, 0.3) is 0 Å². The van der Waals surface area contributed by atoms with E-state index in [-0.39, 0.29) is 17.9 Å². The molecule has 1 aliphatic rings. The Kier molecular flexibility index (Phi) is 6.60. The van der Waals surface area contributed by atoms with Crippen LogP contribution in [0, 0.1) is 5.92 Å². The van der Waals surface area contributed by atoms with Crippen molar-refractivity contribution in [3.8, 4) is 0 Å². The van der Waals surface area contributed by atoms with Crippen LogP contribution in [0.5, 0.6) is 0 Å². The molecule has 0 unspecified atom stereocenters. The van der Waals surface area contributed by atoms with Crippen LogP contribution in [-0.4, -0.2) is 47.4 Å². The molecule has 1 saturated heterocycles. The summed E-state index contributed by atoms with van der Waals surface area (Å²) < 4.78 is 0. The van der Waals surface area contributed by atoms with Crippen molar-refractivity contribution in [1.82, 2.24) is 9.80 Å². The van der Waals surface area contributed by atoms with E-state index in [2.05, 4.69) is 42.2 Å². The fourth-order valence-electron chi connectivity index (χ4n) is 3.30. The van der Waals surface area contributed by atoms with Gasteiger partial charge in [-0.15, -0.1) is 0 Å². The third kappa shape index (κ3) is 4.79. The number of hydrogen-bond acceptors (Lipinski definition) is 3. The van der Waals surface area contributed by atoms with E-state index in [0.717, 1.165) is 39.0 Å². The number of hydrogen-bond donors (Lipinski definition) is 1. The lowest BCUT2D eigenvalue weighted by Crippen LogP contribution is -2.53. The average molecular weight is 317 g/mol. The normalized spacial score (nSPS) is 18.1. The summed E-state index contributed by atoms with van der Waals surface area (Å²) in [6.07, 6.45) is 2.08. The molecule has 2 rings (SSSR count). The highest BCUT2D eigenvalue weighted by molar-refractivity contribution is 5.82. The van der Waals surface area contributed by atoms with Gasteiger partial charge in [0.15, 0.2) is 0 Å². The molecule has 2 N–H and O–H groups in total. The summed E-state index contributed by atoms with van der Waals surface area (Å²) >= 11 is 0. The number of nitrogens with zero attached hydrogens (tertiary/aromatic N) is 2. The minimum atomic E-state index is -0.378. The van der Waals surface area contributed by atoms with Gasteiger partial charge in [-0.2, -0.15) is 0 Å². The molecule has 4 nitrogen and oxygen atoms in total. The molecular weight excluding hydrogens is 286 g/mol. The fourth-order valence-corrected chi connectivity index (χ4v) is 3.30. The SMILES string of the molecule is CCN(C(=O)[C@@H](N)C(C)C)C1CCN(Cc2ccccc2)CC1. The van der Waals surface area contributed by atoms with Crippen molar-refractivity contribution in [3.05, 3.63) is 35.9 Å². The molecule has 4 heteroatoms. The van der Waals surface area contributed by atoms with Gasteiger partial charge in [0, 0.05) is 32.2 Å². The van der Waals surface area contributed by atoms with Crippen LogP contribution in [0.3, 0.4) is 0 Å². The molecule has 1 amide bonds. The number of likely N-dealkylation sites (N-methyl/N-ethyl adjacent to an activating group) is 1. The Morgan fingerprint density at radius 2 is 1.87 bits per heavy atom. The summed E-state index contributed by atoms with van der Waals surface area (Å²) in [6.45, 7) is 9.92. The van der Waals surface area contributed by atoms with Gasteiger partial charge in [-0.3, -0.25) is 9.69 Å². The van der Waals surface area contributed by atoms with Crippen LogP contribution in [-0.2, 0) is 11.3 Å². The smallest absolute Gasteiger partial charge is 0.239 e. The Hall–Kier alpha value is -1.39. The molecule has 23 heavy (non-hydrogen) atoms. The van der Waals surface area contributed by atoms with Crippen molar-refractivity contribution in [2.45, 2.75) is 52.2 Å². The van der Waals surface area contributed by atoms with Gasteiger partial charge in [-0.05, 0) is 31.2 Å². The van der Waals surface area contributed by atoms with Gasteiger partial charge >= 0.3 is 0 Å². The van der Waals surface area contributed by atoms with Crippen molar-refractivity contribution in [2.24, 2.45) is 11.7 Å². The van der Waals surface area contributed by atoms with Crippen molar-refractivity contribution < 1.29 is 4.79 Å². The average Bonchev–Trinajstić information content (AvgIpc) is 2.57.